The van der Waals surface area contributed by atoms with Gasteiger partial charge in [-0.05, 0) is 30.7 Å². The zero-order valence-electron chi connectivity index (χ0n) is 13.5. The Morgan fingerprint density at radius 2 is 1.91 bits per heavy atom. The summed E-state index contributed by atoms with van der Waals surface area (Å²) >= 11 is 0. The van der Waals surface area contributed by atoms with E-state index >= 15 is 0 Å². The minimum Gasteiger partial charge on any atom is -0.469 e. The molecule has 0 radical (unpaired) electrons. The molecule has 4 heteroatoms. The third kappa shape index (κ3) is 8.80. The largest absolute Gasteiger partial charge is 0.469 e. The molecule has 0 saturated heterocycles. The Morgan fingerprint density at radius 1 is 1.14 bits per heavy atom. The van der Waals surface area contributed by atoms with Crippen molar-refractivity contribution < 1.29 is 19.4 Å². The lowest BCUT2D eigenvalue weighted by Gasteiger charge is -2.15. The number of carbonyl (C=O) groups is 1. The summed E-state index contributed by atoms with van der Waals surface area (Å²) in [5, 5.41) is 9.09. The van der Waals surface area contributed by atoms with Crippen molar-refractivity contribution in [2.24, 2.45) is 5.92 Å². The van der Waals surface area contributed by atoms with Crippen molar-refractivity contribution in [3.05, 3.63) is 35.9 Å². The highest BCUT2D eigenvalue weighted by atomic mass is 16.5. The summed E-state index contributed by atoms with van der Waals surface area (Å²) < 4.78 is 10.3. The van der Waals surface area contributed by atoms with Crippen LogP contribution in [0.1, 0.15) is 44.1 Å². The van der Waals surface area contributed by atoms with E-state index in [1.165, 1.54) is 12.7 Å². The van der Waals surface area contributed by atoms with E-state index in [-0.39, 0.29) is 12.6 Å². The lowest BCUT2D eigenvalue weighted by Crippen LogP contribution is -2.08. The van der Waals surface area contributed by atoms with Gasteiger partial charge in [-0.3, -0.25) is 4.79 Å². The summed E-state index contributed by atoms with van der Waals surface area (Å²) in [6, 6.07) is 10.1. The van der Waals surface area contributed by atoms with Gasteiger partial charge in [0, 0.05) is 19.6 Å². The summed E-state index contributed by atoms with van der Waals surface area (Å²) in [5.41, 5.74) is 1.19. The molecule has 22 heavy (non-hydrogen) atoms. The predicted octanol–water partition coefficient (Wildman–Crippen LogP) is 3.33. The molecular formula is C18H28O4. The first-order chi connectivity index (χ1) is 10.8. The second kappa shape index (κ2) is 12.2. The molecule has 0 aliphatic rings. The zero-order valence-corrected chi connectivity index (χ0v) is 13.5. The number of unbranched alkanes of at least 4 members (excludes halogenated alkanes) is 1. The average molecular weight is 308 g/mol. The van der Waals surface area contributed by atoms with Gasteiger partial charge in [0.2, 0.25) is 0 Å². The van der Waals surface area contributed by atoms with Gasteiger partial charge in [0.05, 0.1) is 13.7 Å². The molecule has 124 valence electrons. The molecule has 0 aromatic heterocycles. The molecule has 0 aliphatic carbocycles. The van der Waals surface area contributed by atoms with Gasteiger partial charge in [-0.1, -0.05) is 43.2 Å². The van der Waals surface area contributed by atoms with Crippen LogP contribution in [0.2, 0.25) is 0 Å². The van der Waals surface area contributed by atoms with E-state index in [1.807, 2.05) is 18.2 Å². The smallest absolute Gasteiger partial charge is 0.305 e. The van der Waals surface area contributed by atoms with Gasteiger partial charge in [0.15, 0.2) is 0 Å². The van der Waals surface area contributed by atoms with Crippen LogP contribution in [-0.2, 0) is 20.9 Å². The van der Waals surface area contributed by atoms with Gasteiger partial charge >= 0.3 is 5.97 Å². The topological polar surface area (TPSA) is 55.8 Å². The predicted molar refractivity (Wildman–Crippen MR) is 86.4 cm³/mol. The zero-order chi connectivity index (χ0) is 16.0. The first kappa shape index (κ1) is 18.7. The van der Waals surface area contributed by atoms with Crippen molar-refractivity contribution in [3.8, 4) is 0 Å². The fourth-order valence-corrected chi connectivity index (χ4v) is 2.44. The minimum atomic E-state index is -0.172. The average Bonchev–Trinajstić information content (AvgIpc) is 2.56. The van der Waals surface area contributed by atoms with Crippen LogP contribution >= 0.6 is 0 Å². The van der Waals surface area contributed by atoms with Crippen molar-refractivity contribution in [2.75, 3.05) is 20.3 Å². The van der Waals surface area contributed by atoms with Gasteiger partial charge in [-0.25, -0.2) is 0 Å². The highest BCUT2D eigenvalue weighted by Gasteiger charge is 2.11. The van der Waals surface area contributed by atoms with Crippen molar-refractivity contribution in [1.82, 2.24) is 0 Å². The van der Waals surface area contributed by atoms with Crippen LogP contribution in [0.5, 0.6) is 0 Å². The lowest BCUT2D eigenvalue weighted by molar-refractivity contribution is -0.141. The fourth-order valence-electron chi connectivity index (χ4n) is 2.44. The third-order valence-corrected chi connectivity index (χ3v) is 3.78. The molecular weight excluding hydrogens is 280 g/mol. The molecule has 1 N–H and O–H groups in total. The number of ether oxygens (including phenoxy) is 2. The normalized spacial score (nSPS) is 12.1. The van der Waals surface area contributed by atoms with Crippen molar-refractivity contribution in [1.29, 1.82) is 0 Å². The Bertz CT molecular complexity index is 391. The second-order valence-electron chi connectivity index (χ2n) is 5.53. The van der Waals surface area contributed by atoms with Gasteiger partial charge in [-0.2, -0.15) is 0 Å². The Hall–Kier alpha value is -1.39. The fraction of sp³-hybridized carbons (Fsp3) is 0.611. The molecule has 4 nitrogen and oxygen atoms in total. The molecule has 1 atom stereocenters. The number of methoxy groups -OCH3 is 1. The number of carbonyl (C=O) groups excluding carboxylic acids is 1. The Labute approximate surface area is 133 Å². The maximum atomic E-state index is 11.2. The van der Waals surface area contributed by atoms with E-state index < -0.39 is 0 Å². The number of rotatable bonds is 12. The van der Waals surface area contributed by atoms with Crippen LogP contribution in [0.4, 0.5) is 0 Å². The third-order valence-electron chi connectivity index (χ3n) is 3.78. The second-order valence-corrected chi connectivity index (χ2v) is 5.53. The summed E-state index contributed by atoms with van der Waals surface area (Å²) in [7, 11) is 1.41. The molecule has 1 unspecified atom stereocenters. The molecule has 0 amide bonds. The van der Waals surface area contributed by atoms with Crippen LogP contribution in [0.25, 0.3) is 0 Å². The van der Waals surface area contributed by atoms with Crippen molar-refractivity contribution >= 4 is 5.97 Å². The maximum Gasteiger partial charge on any atom is 0.305 e. The number of hydrogen-bond donors (Lipinski definition) is 1. The van der Waals surface area contributed by atoms with Crippen LogP contribution in [-0.4, -0.2) is 31.4 Å². The van der Waals surface area contributed by atoms with Crippen LogP contribution in [0.3, 0.4) is 0 Å². The molecule has 0 bridgehead atoms. The maximum absolute atomic E-state index is 11.2. The molecule has 0 aliphatic heterocycles. The van der Waals surface area contributed by atoms with E-state index in [1.54, 1.807) is 0 Å². The molecule has 1 aromatic carbocycles. The highest BCUT2D eigenvalue weighted by molar-refractivity contribution is 5.69. The van der Waals surface area contributed by atoms with Gasteiger partial charge in [-0.15, -0.1) is 0 Å². The van der Waals surface area contributed by atoms with Gasteiger partial charge in [0.1, 0.15) is 0 Å². The van der Waals surface area contributed by atoms with Crippen LogP contribution in [0, 0.1) is 5.92 Å². The van der Waals surface area contributed by atoms with Crippen LogP contribution < -0.4 is 0 Å². The first-order valence-electron chi connectivity index (χ1n) is 8.05. The first-order valence-corrected chi connectivity index (χ1v) is 8.05. The van der Waals surface area contributed by atoms with E-state index in [2.05, 4.69) is 16.9 Å². The number of benzene rings is 1. The van der Waals surface area contributed by atoms with E-state index in [0.717, 1.165) is 38.7 Å². The number of hydrogen-bond acceptors (Lipinski definition) is 4. The number of esters is 1. The molecule has 1 aromatic rings. The summed E-state index contributed by atoms with van der Waals surface area (Å²) in [6.45, 7) is 1.58. The SMILES string of the molecule is COC(=O)CCC(CCO)CCCCOCc1ccccc1. The molecule has 0 spiro atoms. The Morgan fingerprint density at radius 3 is 2.59 bits per heavy atom. The van der Waals surface area contributed by atoms with Crippen molar-refractivity contribution in [3.63, 3.8) is 0 Å². The van der Waals surface area contributed by atoms with E-state index in [0.29, 0.717) is 18.9 Å². The molecule has 0 saturated carbocycles. The Kier molecular flexibility index (Phi) is 10.3. The van der Waals surface area contributed by atoms with E-state index in [4.69, 9.17) is 9.84 Å². The minimum absolute atomic E-state index is 0.172. The monoisotopic (exact) mass is 308 g/mol. The molecule has 0 fully saturated rings. The lowest BCUT2D eigenvalue weighted by atomic mass is 9.94. The van der Waals surface area contributed by atoms with Crippen LogP contribution in [0.15, 0.2) is 30.3 Å². The quantitative estimate of drug-likeness (QED) is 0.475. The molecule has 1 rings (SSSR count). The Balaban J connectivity index is 2.08. The van der Waals surface area contributed by atoms with Crippen molar-refractivity contribution in [2.45, 2.75) is 45.1 Å². The summed E-state index contributed by atoms with van der Waals surface area (Å²) in [5.74, 6) is 0.215. The van der Waals surface area contributed by atoms with E-state index in [9.17, 15) is 4.79 Å². The molecule has 0 heterocycles. The summed E-state index contributed by atoms with van der Waals surface area (Å²) in [6.07, 6.45) is 5.06. The number of aliphatic hydroxyl groups is 1. The van der Waals surface area contributed by atoms with Gasteiger partial charge in [0.25, 0.3) is 0 Å². The standard InChI is InChI=1S/C18H28O4/c1-21-18(20)11-10-16(12-13-19)7-5-6-14-22-15-17-8-3-2-4-9-17/h2-4,8-9,16,19H,5-7,10-15H2,1H3. The summed E-state index contributed by atoms with van der Waals surface area (Å²) in [4.78, 5) is 11.2. The van der Waals surface area contributed by atoms with Gasteiger partial charge < -0.3 is 14.6 Å². The number of aliphatic hydroxyl groups excluding tert-OH is 1. The highest BCUT2D eigenvalue weighted by Crippen LogP contribution is 2.19.